The summed E-state index contributed by atoms with van der Waals surface area (Å²) < 4.78 is 7.07. The third-order valence-corrected chi connectivity index (χ3v) is 4.64. The molecular formula is C17H16N4O2S2. The van der Waals surface area contributed by atoms with Crippen LogP contribution in [-0.2, 0) is 5.75 Å². The zero-order valence-corrected chi connectivity index (χ0v) is 15.0. The molecule has 0 aliphatic heterocycles. The van der Waals surface area contributed by atoms with Gasteiger partial charge in [0.2, 0.25) is 9.93 Å². The number of nitrogens with zero attached hydrogens (tertiary/aromatic N) is 3. The number of rotatable bonds is 6. The van der Waals surface area contributed by atoms with E-state index in [4.69, 9.17) is 17.0 Å². The van der Waals surface area contributed by atoms with Crippen molar-refractivity contribution in [1.82, 2.24) is 14.9 Å². The van der Waals surface area contributed by atoms with Gasteiger partial charge in [0.1, 0.15) is 11.5 Å². The maximum Gasteiger partial charge on any atom is 0.217 e. The smallest absolute Gasteiger partial charge is 0.217 e. The van der Waals surface area contributed by atoms with Gasteiger partial charge in [0.25, 0.3) is 0 Å². The van der Waals surface area contributed by atoms with E-state index >= 15 is 0 Å². The van der Waals surface area contributed by atoms with Crippen LogP contribution in [0.5, 0.6) is 11.5 Å². The molecule has 2 aromatic carbocycles. The molecule has 0 spiro atoms. The van der Waals surface area contributed by atoms with E-state index in [2.05, 4.69) is 27.4 Å². The van der Waals surface area contributed by atoms with Gasteiger partial charge in [0.05, 0.1) is 13.3 Å². The Hall–Kier alpha value is -2.58. The number of aromatic nitrogens is 3. The highest BCUT2D eigenvalue weighted by Crippen LogP contribution is 2.23. The molecule has 1 heterocycles. The minimum atomic E-state index is 0.109. The van der Waals surface area contributed by atoms with E-state index in [0.29, 0.717) is 21.2 Å². The van der Waals surface area contributed by atoms with Crippen LogP contribution in [0.25, 0.3) is 0 Å². The predicted molar refractivity (Wildman–Crippen MR) is 101 cm³/mol. The first-order valence-electron chi connectivity index (χ1n) is 7.43. The van der Waals surface area contributed by atoms with Gasteiger partial charge in [-0.25, -0.2) is 5.10 Å². The maximum atomic E-state index is 9.94. The molecule has 6 nitrogen and oxygen atoms in total. The van der Waals surface area contributed by atoms with Crippen LogP contribution >= 0.6 is 24.0 Å². The van der Waals surface area contributed by atoms with Gasteiger partial charge in [-0.05, 0) is 36.0 Å². The van der Waals surface area contributed by atoms with Crippen LogP contribution in [0.3, 0.4) is 0 Å². The Morgan fingerprint density at radius 1 is 1.32 bits per heavy atom. The third kappa shape index (κ3) is 4.28. The molecule has 1 aromatic heterocycles. The second-order valence-corrected chi connectivity index (χ2v) is 6.40. The Balaban J connectivity index is 1.81. The van der Waals surface area contributed by atoms with Gasteiger partial charge in [0.15, 0.2) is 0 Å². The predicted octanol–water partition coefficient (Wildman–Crippen LogP) is 3.83. The first-order chi connectivity index (χ1) is 12.2. The normalized spacial score (nSPS) is 11.1. The lowest BCUT2D eigenvalue weighted by Crippen LogP contribution is -1.95. The number of phenolic OH excluding ortho intramolecular Hbond substituents is 1. The zero-order valence-electron chi connectivity index (χ0n) is 13.4. The average molecular weight is 372 g/mol. The number of aromatic hydroxyl groups is 1. The van der Waals surface area contributed by atoms with E-state index in [1.807, 2.05) is 18.2 Å². The van der Waals surface area contributed by atoms with Crippen molar-refractivity contribution in [3.8, 4) is 11.5 Å². The molecule has 25 heavy (non-hydrogen) atoms. The Labute approximate surface area is 154 Å². The molecule has 0 amide bonds. The number of aromatic amines is 1. The lowest BCUT2D eigenvalue weighted by atomic mass is 10.2. The first kappa shape index (κ1) is 17.2. The van der Waals surface area contributed by atoms with Crippen LogP contribution in [0.15, 0.2) is 58.8 Å². The summed E-state index contributed by atoms with van der Waals surface area (Å²) in [6.45, 7) is 0. The lowest BCUT2D eigenvalue weighted by Gasteiger charge is -2.04. The fourth-order valence-electron chi connectivity index (χ4n) is 2.08. The van der Waals surface area contributed by atoms with Gasteiger partial charge in [0, 0.05) is 11.3 Å². The number of ether oxygens (including phenoxy) is 1. The molecule has 0 atom stereocenters. The number of phenols is 1. The molecule has 0 fully saturated rings. The molecule has 3 rings (SSSR count). The highest BCUT2D eigenvalue weighted by molar-refractivity contribution is 7.98. The van der Waals surface area contributed by atoms with Gasteiger partial charge in [-0.3, -0.25) is 0 Å². The van der Waals surface area contributed by atoms with Crippen molar-refractivity contribution in [1.29, 1.82) is 0 Å². The number of hydrogen-bond donors (Lipinski definition) is 2. The van der Waals surface area contributed by atoms with E-state index in [0.717, 1.165) is 5.75 Å². The summed E-state index contributed by atoms with van der Waals surface area (Å²) in [6, 6.07) is 15.0. The van der Waals surface area contributed by atoms with Gasteiger partial charge in [-0.15, -0.1) is 5.10 Å². The number of thioether (sulfide) groups is 1. The number of hydrogen-bond acceptors (Lipinski definition) is 6. The molecule has 0 saturated carbocycles. The van der Waals surface area contributed by atoms with Crippen LogP contribution in [0.2, 0.25) is 0 Å². The topological polar surface area (TPSA) is 75.4 Å². The molecule has 128 valence electrons. The summed E-state index contributed by atoms with van der Waals surface area (Å²) in [7, 11) is 1.57. The van der Waals surface area contributed by atoms with Crippen molar-refractivity contribution in [3.63, 3.8) is 0 Å². The summed E-state index contributed by atoms with van der Waals surface area (Å²) in [5.74, 6) is 1.49. The maximum absolute atomic E-state index is 9.94. The number of nitrogens with one attached hydrogen (secondary N) is 1. The van der Waals surface area contributed by atoms with E-state index < -0.39 is 0 Å². The first-order valence-corrected chi connectivity index (χ1v) is 8.82. The van der Waals surface area contributed by atoms with Crippen LogP contribution < -0.4 is 4.74 Å². The summed E-state index contributed by atoms with van der Waals surface area (Å²) in [4.78, 5) is 0. The lowest BCUT2D eigenvalue weighted by molar-refractivity contribution is 0.412. The standard InChI is InChI=1S/C17H16N4O2S2/c1-23-14-7-8-15(22)13(9-14)10-18-21-16(24)19-20-17(21)25-11-12-5-3-2-4-6-12/h2-10,22H,11H2,1H3,(H,19,24)/b18-10+. The van der Waals surface area contributed by atoms with Crippen LogP contribution in [0.4, 0.5) is 0 Å². The van der Waals surface area contributed by atoms with Crippen molar-refractivity contribution in [2.45, 2.75) is 10.9 Å². The fourth-order valence-corrected chi connectivity index (χ4v) is 3.17. The van der Waals surface area contributed by atoms with E-state index in [9.17, 15) is 5.11 Å². The molecule has 0 aliphatic rings. The molecule has 8 heteroatoms. The Bertz CT molecular complexity index is 935. The molecule has 0 aliphatic carbocycles. The number of benzene rings is 2. The average Bonchev–Trinajstić information content (AvgIpc) is 3.00. The zero-order chi connectivity index (χ0) is 17.6. The Morgan fingerprint density at radius 2 is 2.12 bits per heavy atom. The van der Waals surface area contributed by atoms with Gasteiger partial charge in [-0.2, -0.15) is 9.78 Å². The molecule has 0 saturated heterocycles. The van der Waals surface area contributed by atoms with Crippen LogP contribution in [0.1, 0.15) is 11.1 Å². The highest BCUT2D eigenvalue weighted by atomic mass is 32.2. The molecular weight excluding hydrogens is 356 g/mol. The van der Waals surface area contributed by atoms with Crippen molar-refractivity contribution >= 4 is 30.2 Å². The second-order valence-electron chi connectivity index (χ2n) is 5.07. The van der Waals surface area contributed by atoms with Crippen molar-refractivity contribution in [2.24, 2.45) is 5.10 Å². The largest absolute Gasteiger partial charge is 0.507 e. The van der Waals surface area contributed by atoms with Crippen molar-refractivity contribution < 1.29 is 9.84 Å². The van der Waals surface area contributed by atoms with Gasteiger partial charge < -0.3 is 9.84 Å². The van der Waals surface area contributed by atoms with Gasteiger partial charge >= 0.3 is 0 Å². The summed E-state index contributed by atoms with van der Waals surface area (Å²) in [5, 5.41) is 21.9. The van der Waals surface area contributed by atoms with Crippen molar-refractivity contribution in [2.75, 3.05) is 7.11 Å². The summed E-state index contributed by atoms with van der Waals surface area (Å²) in [5.41, 5.74) is 1.71. The molecule has 2 N–H and O–H groups in total. The summed E-state index contributed by atoms with van der Waals surface area (Å²) >= 11 is 6.75. The minimum Gasteiger partial charge on any atom is -0.507 e. The molecule has 0 bridgehead atoms. The Morgan fingerprint density at radius 3 is 2.88 bits per heavy atom. The Kier molecular flexibility index (Phi) is 5.52. The van der Waals surface area contributed by atoms with Crippen LogP contribution in [-0.4, -0.2) is 33.3 Å². The molecule has 3 aromatic rings. The quantitative estimate of drug-likeness (QED) is 0.391. The van der Waals surface area contributed by atoms with Crippen molar-refractivity contribution in [3.05, 3.63) is 64.4 Å². The van der Waals surface area contributed by atoms with E-state index in [-0.39, 0.29) is 5.75 Å². The molecule has 0 unspecified atom stereocenters. The SMILES string of the molecule is COc1ccc(O)c(/C=N/n2c(SCc3ccccc3)n[nH]c2=S)c1. The monoisotopic (exact) mass is 372 g/mol. The molecule has 0 radical (unpaired) electrons. The fraction of sp³-hybridized carbons (Fsp3) is 0.118. The van der Waals surface area contributed by atoms with E-state index in [1.165, 1.54) is 28.2 Å². The number of methoxy groups -OCH3 is 1. The minimum absolute atomic E-state index is 0.109. The van der Waals surface area contributed by atoms with Gasteiger partial charge in [-0.1, -0.05) is 42.1 Å². The van der Waals surface area contributed by atoms with E-state index in [1.54, 1.807) is 25.3 Å². The number of H-pyrrole nitrogens is 1. The van der Waals surface area contributed by atoms with Crippen LogP contribution in [0, 0.1) is 4.77 Å². The highest BCUT2D eigenvalue weighted by Gasteiger charge is 2.07. The summed E-state index contributed by atoms with van der Waals surface area (Å²) in [6.07, 6.45) is 1.52. The third-order valence-electron chi connectivity index (χ3n) is 3.38. The second kappa shape index (κ2) is 8.00.